The summed E-state index contributed by atoms with van der Waals surface area (Å²) in [5.41, 5.74) is 0.474. The lowest BCUT2D eigenvalue weighted by Gasteiger charge is -2.07. The van der Waals surface area contributed by atoms with Gasteiger partial charge in [0.2, 0.25) is 5.91 Å². The summed E-state index contributed by atoms with van der Waals surface area (Å²) in [5, 5.41) is 5.39. The second kappa shape index (κ2) is 5.75. The predicted octanol–water partition coefficient (Wildman–Crippen LogP) is 1.75. The Morgan fingerprint density at radius 1 is 1.39 bits per heavy atom. The minimum Gasteiger partial charge on any atom is -0.352 e. The average Bonchev–Trinajstić information content (AvgIpc) is 3.13. The lowest BCUT2D eigenvalue weighted by atomic mass is 10.2. The molecule has 18 heavy (non-hydrogen) atoms. The zero-order valence-corrected chi connectivity index (χ0v) is 12.1. The van der Waals surface area contributed by atoms with Crippen LogP contribution < -0.4 is 10.6 Å². The van der Waals surface area contributed by atoms with Crippen molar-refractivity contribution in [2.24, 2.45) is 0 Å². The highest BCUT2D eigenvalue weighted by Crippen LogP contribution is 2.20. The van der Waals surface area contributed by atoms with E-state index in [4.69, 9.17) is 0 Å². The fraction of sp³-hybridized carbons (Fsp3) is 0.333. The third kappa shape index (κ3) is 3.74. The summed E-state index contributed by atoms with van der Waals surface area (Å²) in [6.45, 7) is -0.00142. The number of halogens is 1. The normalized spacial score (nSPS) is 14.1. The first-order valence-electron chi connectivity index (χ1n) is 5.62. The molecule has 0 aliphatic heterocycles. The lowest BCUT2D eigenvalue weighted by Crippen LogP contribution is -2.37. The summed E-state index contributed by atoms with van der Waals surface area (Å²) in [5.74, 6) is -0.437. The third-order valence-electron chi connectivity index (χ3n) is 2.55. The van der Waals surface area contributed by atoms with E-state index in [1.165, 1.54) is 0 Å². The Hall–Kier alpha value is -1.01. The van der Waals surface area contributed by atoms with Crippen LogP contribution in [0, 0.1) is 0 Å². The molecule has 6 heteroatoms. The molecule has 2 N–H and O–H groups in total. The molecule has 0 heterocycles. The molecule has 1 fully saturated rings. The Balaban J connectivity index is 1.90. The third-order valence-corrected chi connectivity index (χ3v) is 3.52. The van der Waals surface area contributed by atoms with Crippen molar-refractivity contribution in [2.45, 2.75) is 23.8 Å². The van der Waals surface area contributed by atoms with Crippen LogP contribution in [-0.4, -0.2) is 24.4 Å². The smallest absolute Gasteiger partial charge is 0.252 e. The van der Waals surface area contributed by atoms with Crippen molar-refractivity contribution in [1.29, 1.82) is 0 Å². The first kappa shape index (κ1) is 13.4. The van der Waals surface area contributed by atoms with Gasteiger partial charge >= 0.3 is 0 Å². The van der Waals surface area contributed by atoms with E-state index in [0.717, 1.165) is 12.8 Å². The highest BCUT2D eigenvalue weighted by molar-refractivity contribution is 9.10. The molecule has 0 bridgehead atoms. The lowest BCUT2D eigenvalue weighted by molar-refractivity contribution is -0.120. The number of carbonyl (C=O) groups is 2. The number of thiol groups is 1. The molecule has 0 unspecified atom stereocenters. The molecule has 2 rings (SSSR count). The second-order valence-corrected chi connectivity index (χ2v) is 5.56. The second-order valence-electron chi connectivity index (χ2n) is 4.19. The van der Waals surface area contributed by atoms with Crippen molar-refractivity contribution >= 4 is 40.4 Å². The van der Waals surface area contributed by atoms with Gasteiger partial charge in [0.25, 0.3) is 5.91 Å². The fourth-order valence-corrected chi connectivity index (χ4v) is 2.08. The van der Waals surface area contributed by atoms with E-state index in [0.29, 0.717) is 21.0 Å². The Morgan fingerprint density at radius 2 is 2.11 bits per heavy atom. The number of amides is 2. The molecule has 0 spiro atoms. The zero-order chi connectivity index (χ0) is 13.1. The number of rotatable bonds is 4. The van der Waals surface area contributed by atoms with Crippen LogP contribution in [-0.2, 0) is 4.79 Å². The maximum absolute atomic E-state index is 11.9. The largest absolute Gasteiger partial charge is 0.352 e. The van der Waals surface area contributed by atoms with Gasteiger partial charge in [-0.25, -0.2) is 0 Å². The van der Waals surface area contributed by atoms with Crippen molar-refractivity contribution in [3.05, 3.63) is 28.2 Å². The minimum atomic E-state index is -0.288. The van der Waals surface area contributed by atoms with Crippen molar-refractivity contribution in [2.75, 3.05) is 6.54 Å². The molecule has 0 saturated heterocycles. The highest BCUT2D eigenvalue weighted by atomic mass is 79.9. The Bertz CT molecular complexity index is 489. The first-order chi connectivity index (χ1) is 8.56. The van der Waals surface area contributed by atoms with Crippen LogP contribution in [0.4, 0.5) is 0 Å². The molecule has 4 nitrogen and oxygen atoms in total. The number of benzene rings is 1. The molecular formula is C12H13BrN2O2S. The summed E-state index contributed by atoms with van der Waals surface area (Å²) in [7, 11) is 0. The molecule has 1 aliphatic carbocycles. The van der Waals surface area contributed by atoms with Crippen LogP contribution in [0.3, 0.4) is 0 Å². The van der Waals surface area contributed by atoms with Gasteiger partial charge in [0.1, 0.15) is 0 Å². The van der Waals surface area contributed by atoms with Gasteiger partial charge in [-0.15, -0.1) is 12.6 Å². The minimum absolute atomic E-state index is 0.00142. The van der Waals surface area contributed by atoms with E-state index in [1.54, 1.807) is 18.2 Å². The Labute approximate surface area is 119 Å². The number of hydrogen-bond donors (Lipinski definition) is 3. The van der Waals surface area contributed by atoms with E-state index < -0.39 is 0 Å². The van der Waals surface area contributed by atoms with Gasteiger partial charge in [-0.3, -0.25) is 9.59 Å². The molecule has 1 aromatic rings. The van der Waals surface area contributed by atoms with Crippen molar-refractivity contribution < 1.29 is 9.59 Å². The van der Waals surface area contributed by atoms with Gasteiger partial charge in [0, 0.05) is 15.4 Å². The zero-order valence-electron chi connectivity index (χ0n) is 9.57. The molecule has 1 aromatic carbocycles. The molecule has 1 saturated carbocycles. The van der Waals surface area contributed by atoms with Gasteiger partial charge in [-0.1, -0.05) is 0 Å². The molecule has 1 aliphatic rings. The molecule has 0 aromatic heterocycles. The van der Waals surface area contributed by atoms with Crippen LogP contribution in [0.2, 0.25) is 0 Å². The summed E-state index contributed by atoms with van der Waals surface area (Å²) >= 11 is 7.47. The highest BCUT2D eigenvalue weighted by Gasteiger charge is 2.23. The standard InChI is InChI=1S/C12H13BrN2O2S/c13-10-4-3-8(18)5-9(10)12(17)14-6-11(16)15-7-1-2-7/h3-5,7,18H,1-2,6H2,(H,14,17)(H,15,16). The summed E-state index contributed by atoms with van der Waals surface area (Å²) in [6, 6.07) is 5.49. The quantitative estimate of drug-likeness (QED) is 0.737. The first-order valence-corrected chi connectivity index (χ1v) is 6.86. The van der Waals surface area contributed by atoms with Crippen LogP contribution >= 0.6 is 28.6 Å². The van der Waals surface area contributed by atoms with Gasteiger partial charge in [-0.05, 0) is 47.0 Å². The number of carbonyl (C=O) groups excluding carboxylic acids is 2. The molecule has 96 valence electrons. The van der Waals surface area contributed by atoms with E-state index in [1.807, 2.05) is 0 Å². The maximum atomic E-state index is 11.9. The molecule has 2 amide bonds. The van der Waals surface area contributed by atoms with Crippen molar-refractivity contribution in [3.63, 3.8) is 0 Å². The van der Waals surface area contributed by atoms with E-state index in [9.17, 15) is 9.59 Å². The summed E-state index contributed by atoms with van der Waals surface area (Å²) in [4.78, 5) is 24.0. The van der Waals surface area contributed by atoms with Crippen LogP contribution in [0.15, 0.2) is 27.6 Å². The van der Waals surface area contributed by atoms with E-state index in [2.05, 4.69) is 39.2 Å². The van der Waals surface area contributed by atoms with E-state index in [-0.39, 0.29) is 18.4 Å². The topological polar surface area (TPSA) is 58.2 Å². The molecule has 0 atom stereocenters. The summed E-state index contributed by atoms with van der Waals surface area (Å²) < 4.78 is 0.681. The van der Waals surface area contributed by atoms with Crippen LogP contribution in [0.1, 0.15) is 23.2 Å². The summed E-state index contributed by atoms with van der Waals surface area (Å²) in [6.07, 6.45) is 2.07. The molecule has 0 radical (unpaired) electrons. The predicted molar refractivity (Wildman–Crippen MR) is 74.9 cm³/mol. The Kier molecular flexibility index (Phi) is 4.29. The SMILES string of the molecule is O=C(CNC(=O)c1cc(S)ccc1Br)NC1CC1. The average molecular weight is 329 g/mol. The van der Waals surface area contributed by atoms with Crippen molar-refractivity contribution in [3.8, 4) is 0 Å². The monoisotopic (exact) mass is 328 g/mol. The number of hydrogen-bond acceptors (Lipinski definition) is 3. The Morgan fingerprint density at radius 3 is 2.78 bits per heavy atom. The maximum Gasteiger partial charge on any atom is 0.252 e. The molecular weight excluding hydrogens is 316 g/mol. The van der Waals surface area contributed by atoms with Gasteiger partial charge in [0.05, 0.1) is 12.1 Å². The van der Waals surface area contributed by atoms with Gasteiger partial charge in [0.15, 0.2) is 0 Å². The van der Waals surface area contributed by atoms with E-state index >= 15 is 0 Å². The van der Waals surface area contributed by atoms with Gasteiger partial charge < -0.3 is 10.6 Å². The van der Waals surface area contributed by atoms with Crippen LogP contribution in [0.5, 0.6) is 0 Å². The van der Waals surface area contributed by atoms with Gasteiger partial charge in [-0.2, -0.15) is 0 Å². The number of nitrogens with one attached hydrogen (secondary N) is 2. The fourth-order valence-electron chi connectivity index (χ4n) is 1.45. The van der Waals surface area contributed by atoms with Crippen LogP contribution in [0.25, 0.3) is 0 Å². The van der Waals surface area contributed by atoms with Crippen molar-refractivity contribution in [1.82, 2.24) is 10.6 Å².